The molecule has 0 atom stereocenters. The minimum atomic E-state index is -4.35. The number of hydrogen-bond donors (Lipinski definition) is 0. The van der Waals surface area contributed by atoms with E-state index in [1.165, 1.54) is 23.5 Å². The summed E-state index contributed by atoms with van der Waals surface area (Å²) in [5.74, 6) is -0.340. The van der Waals surface area contributed by atoms with Gasteiger partial charge in [0, 0.05) is 10.4 Å². The Labute approximate surface area is 129 Å². The molecular formula is C15H14F3NO2S. The molecule has 2 aromatic rings. The first-order valence-corrected chi connectivity index (χ1v) is 7.42. The first kappa shape index (κ1) is 16.5. The minimum Gasteiger partial charge on any atom is -0.466 e. The maximum atomic E-state index is 12.5. The Balaban J connectivity index is 2.21. The fraction of sp³-hybridized carbons (Fsp3) is 0.333. The molecule has 0 bridgehead atoms. The molecule has 0 saturated carbocycles. The standard InChI is InChI=1S/C15H14F3NO2S/c1-3-21-13(20)8-12-9(2)19-14(22-12)10-4-6-11(7-5-10)15(16,17)18/h4-7H,3,8H2,1-2H3. The van der Waals surface area contributed by atoms with E-state index in [0.29, 0.717) is 22.9 Å². The normalized spacial score (nSPS) is 11.5. The van der Waals surface area contributed by atoms with Gasteiger partial charge in [-0.1, -0.05) is 12.1 Å². The smallest absolute Gasteiger partial charge is 0.416 e. The minimum absolute atomic E-state index is 0.123. The van der Waals surface area contributed by atoms with Crippen molar-refractivity contribution in [1.82, 2.24) is 4.98 Å². The van der Waals surface area contributed by atoms with Crippen molar-refractivity contribution in [3.8, 4) is 10.6 Å². The van der Waals surface area contributed by atoms with E-state index >= 15 is 0 Å². The largest absolute Gasteiger partial charge is 0.466 e. The van der Waals surface area contributed by atoms with E-state index in [-0.39, 0.29) is 12.4 Å². The third-order valence-electron chi connectivity index (χ3n) is 2.96. The summed E-state index contributed by atoms with van der Waals surface area (Å²) in [6.45, 7) is 3.80. The van der Waals surface area contributed by atoms with Crippen molar-refractivity contribution in [3.05, 3.63) is 40.4 Å². The van der Waals surface area contributed by atoms with E-state index in [4.69, 9.17) is 4.74 Å². The number of aryl methyl sites for hydroxylation is 1. The molecule has 0 saturated heterocycles. The summed E-state index contributed by atoms with van der Waals surface area (Å²) in [5, 5.41) is 0.588. The first-order valence-electron chi connectivity index (χ1n) is 6.60. The van der Waals surface area contributed by atoms with Gasteiger partial charge in [0.1, 0.15) is 5.01 Å². The number of aromatic nitrogens is 1. The Morgan fingerprint density at radius 1 is 1.27 bits per heavy atom. The number of esters is 1. The molecule has 0 aliphatic rings. The molecule has 2 rings (SSSR count). The van der Waals surface area contributed by atoms with Crippen LogP contribution >= 0.6 is 11.3 Å². The Morgan fingerprint density at radius 2 is 1.91 bits per heavy atom. The lowest BCUT2D eigenvalue weighted by Crippen LogP contribution is -2.07. The third kappa shape index (κ3) is 3.85. The second-order valence-electron chi connectivity index (χ2n) is 4.58. The van der Waals surface area contributed by atoms with Gasteiger partial charge in [-0.05, 0) is 26.0 Å². The topological polar surface area (TPSA) is 39.2 Å². The van der Waals surface area contributed by atoms with Crippen LogP contribution < -0.4 is 0 Å². The number of thiazole rings is 1. The molecule has 7 heteroatoms. The Hall–Kier alpha value is -1.89. The zero-order chi connectivity index (χ0) is 16.3. The average Bonchev–Trinajstić information content (AvgIpc) is 2.79. The molecule has 3 nitrogen and oxygen atoms in total. The molecule has 0 radical (unpaired) electrons. The lowest BCUT2D eigenvalue weighted by atomic mass is 10.1. The Bertz CT molecular complexity index is 662. The van der Waals surface area contributed by atoms with Gasteiger partial charge in [-0.15, -0.1) is 11.3 Å². The molecule has 0 N–H and O–H groups in total. The number of benzene rings is 1. The third-order valence-corrected chi connectivity index (χ3v) is 4.17. The summed E-state index contributed by atoms with van der Waals surface area (Å²) < 4.78 is 42.5. The van der Waals surface area contributed by atoms with E-state index in [1.54, 1.807) is 13.8 Å². The molecule has 1 aromatic carbocycles. The number of carbonyl (C=O) groups excluding carboxylic acids is 1. The number of halogens is 3. The summed E-state index contributed by atoms with van der Waals surface area (Å²) in [5.41, 5.74) is 0.584. The van der Waals surface area contributed by atoms with Crippen LogP contribution in [-0.4, -0.2) is 17.6 Å². The highest BCUT2D eigenvalue weighted by molar-refractivity contribution is 7.15. The van der Waals surface area contributed by atoms with Crippen LogP contribution in [0.25, 0.3) is 10.6 Å². The predicted octanol–water partition coefficient (Wildman–Crippen LogP) is 4.24. The van der Waals surface area contributed by atoms with E-state index in [9.17, 15) is 18.0 Å². The van der Waals surface area contributed by atoms with Crippen LogP contribution in [0.2, 0.25) is 0 Å². The summed E-state index contributed by atoms with van der Waals surface area (Å²) in [6, 6.07) is 4.82. The van der Waals surface area contributed by atoms with Crippen LogP contribution in [-0.2, 0) is 22.1 Å². The fourth-order valence-electron chi connectivity index (χ4n) is 1.86. The van der Waals surface area contributed by atoms with Crippen molar-refractivity contribution in [2.75, 3.05) is 6.61 Å². The van der Waals surface area contributed by atoms with Gasteiger partial charge in [-0.2, -0.15) is 13.2 Å². The zero-order valence-electron chi connectivity index (χ0n) is 12.0. The molecular weight excluding hydrogens is 315 g/mol. The molecule has 1 heterocycles. The highest BCUT2D eigenvalue weighted by Gasteiger charge is 2.30. The monoisotopic (exact) mass is 329 g/mol. The quantitative estimate of drug-likeness (QED) is 0.788. The lowest BCUT2D eigenvalue weighted by molar-refractivity contribution is -0.142. The SMILES string of the molecule is CCOC(=O)Cc1sc(-c2ccc(C(F)(F)F)cc2)nc1C. The number of ether oxygens (including phenoxy) is 1. The Morgan fingerprint density at radius 3 is 2.45 bits per heavy atom. The van der Waals surface area contributed by atoms with Crippen LogP contribution in [0, 0.1) is 6.92 Å². The molecule has 1 aromatic heterocycles. The number of alkyl halides is 3. The molecule has 118 valence electrons. The van der Waals surface area contributed by atoms with Crippen molar-refractivity contribution in [3.63, 3.8) is 0 Å². The second-order valence-corrected chi connectivity index (χ2v) is 5.67. The fourth-order valence-corrected chi connectivity index (χ4v) is 2.91. The van der Waals surface area contributed by atoms with Crippen molar-refractivity contribution >= 4 is 17.3 Å². The van der Waals surface area contributed by atoms with Gasteiger partial charge in [0.2, 0.25) is 0 Å². The van der Waals surface area contributed by atoms with Gasteiger partial charge in [-0.25, -0.2) is 4.98 Å². The molecule has 22 heavy (non-hydrogen) atoms. The second kappa shape index (κ2) is 6.48. The molecule has 0 fully saturated rings. The van der Waals surface area contributed by atoms with Crippen molar-refractivity contribution in [1.29, 1.82) is 0 Å². The molecule has 0 unspecified atom stereocenters. The number of hydrogen-bond acceptors (Lipinski definition) is 4. The van der Waals surface area contributed by atoms with Crippen LogP contribution in [0.4, 0.5) is 13.2 Å². The van der Waals surface area contributed by atoms with Crippen LogP contribution in [0.3, 0.4) is 0 Å². The number of nitrogens with zero attached hydrogens (tertiary/aromatic N) is 1. The van der Waals surface area contributed by atoms with Crippen molar-refractivity contribution in [2.45, 2.75) is 26.4 Å². The Kier molecular flexibility index (Phi) is 4.85. The summed E-state index contributed by atoms with van der Waals surface area (Å²) in [4.78, 5) is 16.6. The predicted molar refractivity (Wildman–Crippen MR) is 77.6 cm³/mol. The maximum absolute atomic E-state index is 12.5. The number of carbonyl (C=O) groups is 1. The van der Waals surface area contributed by atoms with Crippen molar-refractivity contribution < 1.29 is 22.7 Å². The highest BCUT2D eigenvalue weighted by atomic mass is 32.1. The van der Waals surface area contributed by atoms with Gasteiger partial charge in [0.25, 0.3) is 0 Å². The van der Waals surface area contributed by atoms with Gasteiger partial charge in [0.15, 0.2) is 0 Å². The summed E-state index contributed by atoms with van der Waals surface area (Å²) >= 11 is 1.29. The van der Waals surface area contributed by atoms with E-state index < -0.39 is 11.7 Å². The van der Waals surface area contributed by atoms with Gasteiger partial charge in [0.05, 0.1) is 24.3 Å². The van der Waals surface area contributed by atoms with Crippen LogP contribution in [0.1, 0.15) is 23.1 Å². The van der Waals surface area contributed by atoms with E-state index in [2.05, 4.69) is 4.98 Å². The van der Waals surface area contributed by atoms with E-state index in [0.717, 1.165) is 17.0 Å². The van der Waals surface area contributed by atoms with Gasteiger partial charge >= 0.3 is 12.1 Å². The average molecular weight is 329 g/mol. The van der Waals surface area contributed by atoms with Crippen LogP contribution in [0.15, 0.2) is 24.3 Å². The first-order chi connectivity index (χ1) is 10.3. The van der Waals surface area contributed by atoms with E-state index in [1.807, 2.05) is 0 Å². The maximum Gasteiger partial charge on any atom is 0.416 e. The van der Waals surface area contributed by atoms with Gasteiger partial charge in [-0.3, -0.25) is 4.79 Å². The highest BCUT2D eigenvalue weighted by Crippen LogP contribution is 2.33. The molecule has 0 amide bonds. The summed E-state index contributed by atoms with van der Waals surface area (Å²) in [7, 11) is 0. The molecule has 0 aliphatic heterocycles. The summed E-state index contributed by atoms with van der Waals surface area (Å²) in [6.07, 6.45) is -4.23. The lowest BCUT2D eigenvalue weighted by Gasteiger charge is -2.06. The molecule has 0 spiro atoms. The van der Waals surface area contributed by atoms with Gasteiger partial charge < -0.3 is 4.74 Å². The molecule has 0 aliphatic carbocycles. The van der Waals surface area contributed by atoms with Crippen molar-refractivity contribution in [2.24, 2.45) is 0 Å². The van der Waals surface area contributed by atoms with Crippen LogP contribution in [0.5, 0.6) is 0 Å². The zero-order valence-corrected chi connectivity index (χ0v) is 12.8. The number of rotatable bonds is 4.